The first-order valence-electron chi connectivity index (χ1n) is 5.76. The van der Waals surface area contributed by atoms with Gasteiger partial charge in [-0.2, -0.15) is 5.10 Å². The summed E-state index contributed by atoms with van der Waals surface area (Å²) < 4.78 is 0. The first-order valence-corrected chi connectivity index (χ1v) is 5.76. The van der Waals surface area contributed by atoms with E-state index in [0.717, 1.165) is 12.1 Å². The van der Waals surface area contributed by atoms with E-state index in [0.29, 0.717) is 11.7 Å². The highest BCUT2D eigenvalue weighted by Crippen LogP contribution is 2.51. The molecule has 1 aromatic rings. The molecule has 1 saturated carbocycles. The lowest BCUT2D eigenvalue weighted by atomic mass is 10.1. The van der Waals surface area contributed by atoms with Gasteiger partial charge in [-0.1, -0.05) is 27.7 Å². The highest BCUT2D eigenvalue weighted by atomic mass is 16.2. The Morgan fingerprint density at radius 2 is 2.25 bits per heavy atom. The number of anilines is 1. The van der Waals surface area contributed by atoms with E-state index < -0.39 is 0 Å². The average Bonchev–Trinajstić information content (AvgIpc) is 2.62. The fourth-order valence-corrected chi connectivity index (χ4v) is 1.82. The van der Waals surface area contributed by atoms with Crippen LogP contribution in [0.25, 0.3) is 0 Å². The number of nitrogens with zero attached hydrogens (tertiary/aromatic N) is 1. The number of carbonyl (C=O) groups excluding carboxylic acids is 1. The second kappa shape index (κ2) is 3.61. The molecule has 0 radical (unpaired) electrons. The number of H-pyrrole nitrogens is 1. The highest BCUT2D eigenvalue weighted by Gasteiger charge is 2.50. The van der Waals surface area contributed by atoms with Crippen molar-refractivity contribution in [2.24, 2.45) is 11.3 Å². The Balaban J connectivity index is 1.97. The smallest absolute Gasteiger partial charge is 0.229 e. The van der Waals surface area contributed by atoms with Gasteiger partial charge in [0.15, 0.2) is 5.82 Å². The maximum absolute atomic E-state index is 11.8. The number of hydrogen-bond donors (Lipinski definition) is 2. The van der Waals surface area contributed by atoms with Crippen molar-refractivity contribution in [1.82, 2.24) is 10.2 Å². The van der Waals surface area contributed by atoms with Gasteiger partial charge >= 0.3 is 0 Å². The third-order valence-electron chi connectivity index (χ3n) is 3.30. The van der Waals surface area contributed by atoms with Crippen LogP contribution in [0.1, 0.15) is 45.7 Å². The Morgan fingerprint density at radius 1 is 1.62 bits per heavy atom. The molecule has 1 fully saturated rings. The molecule has 1 heterocycles. The number of aromatic amines is 1. The third-order valence-corrected chi connectivity index (χ3v) is 3.30. The van der Waals surface area contributed by atoms with Crippen molar-refractivity contribution in [3.63, 3.8) is 0 Å². The van der Waals surface area contributed by atoms with E-state index in [1.807, 2.05) is 6.07 Å². The summed E-state index contributed by atoms with van der Waals surface area (Å²) in [4.78, 5) is 11.8. The predicted molar refractivity (Wildman–Crippen MR) is 63.2 cm³/mol. The zero-order valence-electron chi connectivity index (χ0n) is 10.3. The molecule has 1 aliphatic carbocycles. The summed E-state index contributed by atoms with van der Waals surface area (Å²) in [6, 6.07) is 1.90. The summed E-state index contributed by atoms with van der Waals surface area (Å²) in [5.41, 5.74) is 1.21. The van der Waals surface area contributed by atoms with Gasteiger partial charge in [0.05, 0.1) is 0 Å². The Bertz CT molecular complexity index is 406. The molecule has 4 heteroatoms. The normalized spacial score (nSPS) is 22.2. The van der Waals surface area contributed by atoms with Crippen molar-refractivity contribution in [3.05, 3.63) is 11.8 Å². The predicted octanol–water partition coefficient (Wildman–Crippen LogP) is 2.52. The molecule has 4 nitrogen and oxygen atoms in total. The fourth-order valence-electron chi connectivity index (χ4n) is 1.82. The maximum Gasteiger partial charge on any atom is 0.229 e. The topological polar surface area (TPSA) is 57.8 Å². The van der Waals surface area contributed by atoms with E-state index in [1.165, 1.54) is 0 Å². The minimum atomic E-state index is 0.0896. The molecule has 1 unspecified atom stereocenters. The number of amides is 1. The van der Waals surface area contributed by atoms with Crippen molar-refractivity contribution < 1.29 is 4.79 Å². The number of carbonyl (C=O) groups is 1. The summed E-state index contributed by atoms with van der Waals surface area (Å²) in [7, 11) is 0. The molecule has 0 aliphatic heterocycles. The van der Waals surface area contributed by atoms with E-state index in [-0.39, 0.29) is 17.2 Å². The van der Waals surface area contributed by atoms with Gasteiger partial charge in [0.2, 0.25) is 5.91 Å². The fraction of sp³-hybridized carbons (Fsp3) is 0.667. The Hall–Kier alpha value is -1.32. The number of aromatic nitrogens is 2. The summed E-state index contributed by atoms with van der Waals surface area (Å²) in [6.45, 7) is 8.40. The van der Waals surface area contributed by atoms with E-state index in [4.69, 9.17) is 0 Å². The molecule has 1 aromatic heterocycles. The lowest BCUT2D eigenvalue weighted by molar-refractivity contribution is -0.118. The Kier molecular flexibility index (Phi) is 2.52. The SMILES string of the molecule is CC(C)c1cc(NC(=O)C2CC2(C)C)n[nH]1. The zero-order chi connectivity index (χ0) is 11.9. The minimum Gasteiger partial charge on any atom is -0.309 e. The largest absolute Gasteiger partial charge is 0.309 e. The zero-order valence-corrected chi connectivity index (χ0v) is 10.3. The van der Waals surface area contributed by atoms with Gasteiger partial charge in [0.1, 0.15) is 0 Å². The van der Waals surface area contributed by atoms with E-state index in [9.17, 15) is 4.79 Å². The number of rotatable bonds is 3. The van der Waals surface area contributed by atoms with Crippen molar-refractivity contribution in [2.45, 2.75) is 40.0 Å². The minimum absolute atomic E-state index is 0.0896. The van der Waals surface area contributed by atoms with Gasteiger partial charge in [-0.3, -0.25) is 9.89 Å². The molecular weight excluding hydrogens is 202 g/mol. The lowest BCUT2D eigenvalue weighted by Crippen LogP contribution is -2.16. The Morgan fingerprint density at radius 3 is 2.69 bits per heavy atom. The van der Waals surface area contributed by atoms with Crippen LogP contribution in [0, 0.1) is 11.3 Å². The summed E-state index contributed by atoms with van der Waals surface area (Å²) in [5, 5.41) is 9.86. The van der Waals surface area contributed by atoms with E-state index in [2.05, 4.69) is 43.2 Å². The highest BCUT2D eigenvalue weighted by molar-refractivity contribution is 5.94. The molecule has 0 bridgehead atoms. The molecule has 88 valence electrons. The molecular formula is C12H19N3O. The lowest BCUT2D eigenvalue weighted by Gasteiger charge is -2.03. The van der Waals surface area contributed by atoms with E-state index in [1.54, 1.807) is 0 Å². The molecule has 1 atom stereocenters. The standard InChI is InChI=1S/C12H19N3O/c1-7(2)9-5-10(15-14-9)13-11(16)8-6-12(8,3)4/h5,7-8H,6H2,1-4H3,(H2,13,14,15,16). The maximum atomic E-state index is 11.8. The molecule has 2 N–H and O–H groups in total. The quantitative estimate of drug-likeness (QED) is 0.824. The molecule has 2 rings (SSSR count). The van der Waals surface area contributed by atoms with Gasteiger partial charge in [0, 0.05) is 17.7 Å². The number of hydrogen-bond acceptors (Lipinski definition) is 2. The molecule has 1 aliphatic rings. The first-order chi connectivity index (χ1) is 7.40. The van der Waals surface area contributed by atoms with Gasteiger partial charge in [-0.05, 0) is 17.8 Å². The second-order valence-corrected chi connectivity index (χ2v) is 5.60. The van der Waals surface area contributed by atoms with Crippen LogP contribution in [0.5, 0.6) is 0 Å². The van der Waals surface area contributed by atoms with Crippen molar-refractivity contribution in [1.29, 1.82) is 0 Å². The average molecular weight is 221 g/mol. The van der Waals surface area contributed by atoms with Crippen LogP contribution < -0.4 is 5.32 Å². The summed E-state index contributed by atoms with van der Waals surface area (Å²) in [6.07, 6.45) is 0.973. The van der Waals surface area contributed by atoms with Gasteiger partial charge in [-0.15, -0.1) is 0 Å². The third kappa shape index (κ3) is 2.10. The van der Waals surface area contributed by atoms with Crippen molar-refractivity contribution in [3.8, 4) is 0 Å². The van der Waals surface area contributed by atoms with Gasteiger partial charge < -0.3 is 5.32 Å². The molecule has 1 amide bonds. The first kappa shape index (κ1) is 11.2. The summed E-state index contributed by atoms with van der Waals surface area (Å²) >= 11 is 0. The van der Waals surface area contributed by atoms with E-state index >= 15 is 0 Å². The van der Waals surface area contributed by atoms with Crippen LogP contribution in [0.2, 0.25) is 0 Å². The van der Waals surface area contributed by atoms with Crippen LogP contribution in [-0.2, 0) is 4.79 Å². The van der Waals surface area contributed by atoms with Crippen LogP contribution in [0.4, 0.5) is 5.82 Å². The summed E-state index contributed by atoms with van der Waals surface area (Å²) in [5.74, 6) is 1.27. The monoisotopic (exact) mass is 221 g/mol. The Labute approximate surface area is 95.8 Å². The van der Waals surface area contributed by atoms with Crippen LogP contribution in [0.15, 0.2) is 6.07 Å². The van der Waals surface area contributed by atoms with Crippen LogP contribution >= 0.6 is 0 Å². The van der Waals surface area contributed by atoms with Crippen LogP contribution in [-0.4, -0.2) is 16.1 Å². The van der Waals surface area contributed by atoms with Gasteiger partial charge in [-0.25, -0.2) is 0 Å². The molecule has 0 saturated heterocycles. The molecule has 16 heavy (non-hydrogen) atoms. The van der Waals surface area contributed by atoms with Crippen LogP contribution in [0.3, 0.4) is 0 Å². The number of nitrogens with one attached hydrogen (secondary N) is 2. The molecule has 0 spiro atoms. The van der Waals surface area contributed by atoms with Crippen molar-refractivity contribution in [2.75, 3.05) is 5.32 Å². The second-order valence-electron chi connectivity index (χ2n) is 5.60. The van der Waals surface area contributed by atoms with Crippen molar-refractivity contribution >= 4 is 11.7 Å². The molecule has 0 aromatic carbocycles. The van der Waals surface area contributed by atoms with Gasteiger partial charge in [0.25, 0.3) is 0 Å².